The van der Waals surface area contributed by atoms with E-state index in [1.807, 2.05) is 12.1 Å². The molecule has 0 radical (unpaired) electrons. The highest BCUT2D eigenvalue weighted by Gasteiger charge is 2.22. The van der Waals surface area contributed by atoms with Gasteiger partial charge in [-0.2, -0.15) is 0 Å². The minimum Gasteiger partial charge on any atom is -0.380 e. The van der Waals surface area contributed by atoms with Crippen LogP contribution in [-0.4, -0.2) is 19.3 Å². The van der Waals surface area contributed by atoms with Gasteiger partial charge in [0.25, 0.3) is 0 Å². The van der Waals surface area contributed by atoms with E-state index in [0.717, 1.165) is 24.7 Å². The van der Waals surface area contributed by atoms with Crippen LogP contribution in [0, 0.1) is 5.92 Å². The maximum absolute atomic E-state index is 5.93. The van der Waals surface area contributed by atoms with Gasteiger partial charge in [0.15, 0.2) is 0 Å². The second kappa shape index (κ2) is 5.85. The van der Waals surface area contributed by atoms with Crippen LogP contribution in [0.4, 0.5) is 0 Å². The van der Waals surface area contributed by atoms with Crippen molar-refractivity contribution in [3.05, 3.63) is 34.9 Å². The molecule has 0 saturated carbocycles. The highest BCUT2D eigenvalue weighted by atomic mass is 35.5. The third-order valence-electron chi connectivity index (χ3n) is 3.24. The van der Waals surface area contributed by atoms with E-state index in [1.54, 1.807) is 0 Å². The lowest BCUT2D eigenvalue weighted by atomic mass is 9.95. The Kier molecular flexibility index (Phi) is 4.43. The van der Waals surface area contributed by atoms with E-state index in [-0.39, 0.29) is 0 Å². The third kappa shape index (κ3) is 3.44. The molecule has 1 saturated heterocycles. The van der Waals surface area contributed by atoms with Gasteiger partial charge in [-0.15, -0.1) is 0 Å². The van der Waals surface area contributed by atoms with Crippen LogP contribution < -0.4 is 5.32 Å². The highest BCUT2D eigenvalue weighted by Crippen LogP contribution is 2.24. The fourth-order valence-electron chi connectivity index (χ4n) is 2.26. The zero-order valence-electron chi connectivity index (χ0n) is 10.4. The molecule has 2 atom stereocenters. The van der Waals surface area contributed by atoms with Crippen LogP contribution in [0.25, 0.3) is 0 Å². The van der Waals surface area contributed by atoms with Crippen molar-refractivity contribution in [2.45, 2.75) is 32.4 Å². The van der Waals surface area contributed by atoms with Crippen molar-refractivity contribution in [1.82, 2.24) is 5.32 Å². The number of rotatable bonds is 4. The van der Waals surface area contributed by atoms with E-state index in [2.05, 4.69) is 31.3 Å². The molecule has 1 heterocycles. The second-order valence-electron chi connectivity index (χ2n) is 5.00. The minimum atomic E-state index is 0.374. The van der Waals surface area contributed by atoms with Crippen molar-refractivity contribution < 1.29 is 4.74 Å². The molecule has 2 nitrogen and oxygen atoms in total. The van der Waals surface area contributed by atoms with Crippen molar-refractivity contribution in [3.63, 3.8) is 0 Å². The summed E-state index contributed by atoms with van der Waals surface area (Å²) < 4.78 is 5.41. The second-order valence-corrected chi connectivity index (χ2v) is 5.44. The van der Waals surface area contributed by atoms with Gasteiger partial charge in [-0.05, 0) is 30.0 Å². The minimum absolute atomic E-state index is 0.374. The zero-order chi connectivity index (χ0) is 12.3. The Hall–Kier alpha value is -0.570. The van der Waals surface area contributed by atoms with Gasteiger partial charge in [-0.3, -0.25) is 0 Å². The van der Waals surface area contributed by atoms with Crippen LogP contribution in [0.1, 0.15) is 31.9 Å². The monoisotopic (exact) mass is 253 g/mol. The van der Waals surface area contributed by atoms with Crippen LogP contribution in [0.5, 0.6) is 0 Å². The van der Waals surface area contributed by atoms with Crippen LogP contribution >= 0.6 is 11.6 Å². The molecule has 1 aliphatic heterocycles. The van der Waals surface area contributed by atoms with Gasteiger partial charge in [-0.25, -0.2) is 0 Å². The topological polar surface area (TPSA) is 21.3 Å². The molecule has 17 heavy (non-hydrogen) atoms. The van der Waals surface area contributed by atoms with Gasteiger partial charge in [0, 0.05) is 23.7 Å². The summed E-state index contributed by atoms with van der Waals surface area (Å²) in [6.45, 7) is 6.18. The first-order chi connectivity index (χ1) is 8.16. The molecule has 0 bridgehead atoms. The summed E-state index contributed by atoms with van der Waals surface area (Å²) in [6, 6.07) is 8.99. The van der Waals surface area contributed by atoms with Gasteiger partial charge >= 0.3 is 0 Å². The summed E-state index contributed by atoms with van der Waals surface area (Å²) in [6.07, 6.45) is 1.11. The van der Waals surface area contributed by atoms with Crippen molar-refractivity contribution in [3.8, 4) is 0 Å². The van der Waals surface area contributed by atoms with E-state index in [9.17, 15) is 0 Å². The molecule has 0 aromatic heterocycles. The molecule has 1 aromatic carbocycles. The largest absolute Gasteiger partial charge is 0.380 e. The molecular weight excluding hydrogens is 234 g/mol. The Morgan fingerprint density at radius 1 is 1.29 bits per heavy atom. The van der Waals surface area contributed by atoms with E-state index >= 15 is 0 Å². The Morgan fingerprint density at radius 3 is 2.53 bits per heavy atom. The summed E-state index contributed by atoms with van der Waals surface area (Å²) in [5.74, 6) is 0.553. The highest BCUT2D eigenvalue weighted by molar-refractivity contribution is 6.30. The summed E-state index contributed by atoms with van der Waals surface area (Å²) in [4.78, 5) is 0. The van der Waals surface area contributed by atoms with Crippen molar-refractivity contribution in [2.75, 3.05) is 13.2 Å². The zero-order valence-corrected chi connectivity index (χ0v) is 11.2. The van der Waals surface area contributed by atoms with Crippen LogP contribution in [0.3, 0.4) is 0 Å². The van der Waals surface area contributed by atoms with Crippen molar-refractivity contribution in [2.24, 2.45) is 5.92 Å². The number of benzene rings is 1. The molecule has 0 spiro atoms. The maximum atomic E-state index is 5.93. The van der Waals surface area contributed by atoms with Crippen molar-refractivity contribution >= 4 is 11.6 Å². The molecule has 3 heteroatoms. The summed E-state index contributed by atoms with van der Waals surface area (Å²) in [7, 11) is 0. The van der Waals surface area contributed by atoms with E-state index in [1.165, 1.54) is 5.56 Å². The fourth-order valence-corrected chi connectivity index (χ4v) is 2.39. The molecule has 0 aliphatic carbocycles. The molecule has 94 valence electrons. The average Bonchev–Trinajstić information content (AvgIpc) is 2.80. The normalized spacial score (nSPS) is 22.0. The number of nitrogens with one attached hydrogen (secondary N) is 1. The van der Waals surface area contributed by atoms with E-state index in [4.69, 9.17) is 16.3 Å². The molecule has 2 rings (SSSR count). The van der Waals surface area contributed by atoms with Crippen molar-refractivity contribution in [1.29, 1.82) is 0 Å². The number of hydrogen-bond acceptors (Lipinski definition) is 2. The number of halogens is 1. The molecule has 0 amide bonds. The first kappa shape index (κ1) is 12.9. The SMILES string of the molecule is CC(C)C(NC1CCOC1)c1ccc(Cl)cc1. The van der Waals surface area contributed by atoms with Gasteiger partial charge < -0.3 is 10.1 Å². The Morgan fingerprint density at radius 2 is 2.00 bits per heavy atom. The lowest BCUT2D eigenvalue weighted by Gasteiger charge is -2.26. The molecule has 1 fully saturated rings. The molecule has 2 unspecified atom stereocenters. The maximum Gasteiger partial charge on any atom is 0.0620 e. The molecule has 1 aromatic rings. The molecule has 1 aliphatic rings. The summed E-state index contributed by atoms with van der Waals surface area (Å²) >= 11 is 5.93. The fraction of sp³-hybridized carbons (Fsp3) is 0.571. The quantitative estimate of drug-likeness (QED) is 0.888. The standard InChI is InChI=1S/C14H20ClNO/c1-10(2)14(16-13-7-8-17-9-13)11-3-5-12(15)6-4-11/h3-6,10,13-14,16H,7-9H2,1-2H3. The Bertz CT molecular complexity index is 344. The predicted octanol–water partition coefficient (Wildman–Crippen LogP) is 3.42. The molecule has 1 N–H and O–H groups in total. The molecular formula is C14H20ClNO. The van der Waals surface area contributed by atoms with Gasteiger partial charge in [-0.1, -0.05) is 37.6 Å². The number of ether oxygens (including phenoxy) is 1. The summed E-state index contributed by atoms with van der Waals surface area (Å²) in [5.41, 5.74) is 1.30. The average molecular weight is 254 g/mol. The van der Waals surface area contributed by atoms with Crippen LogP contribution in [0.2, 0.25) is 5.02 Å². The first-order valence-corrected chi connectivity index (χ1v) is 6.64. The van der Waals surface area contributed by atoms with E-state index in [0.29, 0.717) is 18.0 Å². The smallest absolute Gasteiger partial charge is 0.0620 e. The third-order valence-corrected chi connectivity index (χ3v) is 3.49. The summed E-state index contributed by atoms with van der Waals surface area (Å²) in [5, 5.41) is 4.48. The Balaban J connectivity index is 2.08. The van der Waals surface area contributed by atoms with Gasteiger partial charge in [0.05, 0.1) is 6.61 Å². The lowest BCUT2D eigenvalue weighted by molar-refractivity contribution is 0.186. The predicted molar refractivity (Wildman–Crippen MR) is 71.4 cm³/mol. The van der Waals surface area contributed by atoms with E-state index < -0.39 is 0 Å². The van der Waals surface area contributed by atoms with Crippen LogP contribution in [-0.2, 0) is 4.74 Å². The van der Waals surface area contributed by atoms with Crippen LogP contribution in [0.15, 0.2) is 24.3 Å². The first-order valence-electron chi connectivity index (χ1n) is 6.26. The van der Waals surface area contributed by atoms with Gasteiger partial charge in [0.1, 0.15) is 0 Å². The lowest BCUT2D eigenvalue weighted by Crippen LogP contribution is -2.35. The number of hydrogen-bond donors (Lipinski definition) is 1. The van der Waals surface area contributed by atoms with Gasteiger partial charge in [0.2, 0.25) is 0 Å². The Labute approximate surface area is 108 Å².